The van der Waals surface area contributed by atoms with Crippen LogP contribution in [0.5, 0.6) is 0 Å². The van der Waals surface area contributed by atoms with Crippen molar-refractivity contribution in [3.05, 3.63) is 65.2 Å². The normalized spacial score (nSPS) is 11.3. The number of rotatable bonds is 5. The van der Waals surface area contributed by atoms with Gasteiger partial charge in [-0.25, -0.2) is 14.4 Å². The zero-order valence-electron chi connectivity index (χ0n) is 15.8. The number of aliphatic imine (C=N–C) groups is 1. The van der Waals surface area contributed by atoms with Crippen LogP contribution < -0.4 is 10.6 Å². The van der Waals surface area contributed by atoms with Gasteiger partial charge in [0, 0.05) is 13.6 Å². The Hall–Kier alpha value is -2.16. The van der Waals surface area contributed by atoms with Crippen molar-refractivity contribution in [2.45, 2.75) is 26.9 Å². The van der Waals surface area contributed by atoms with Gasteiger partial charge in [0.15, 0.2) is 5.96 Å². The molecule has 27 heavy (non-hydrogen) atoms. The van der Waals surface area contributed by atoms with Crippen molar-refractivity contribution >= 4 is 41.0 Å². The maximum Gasteiger partial charge on any atom is 0.191 e. The fraction of sp³-hybridized carbons (Fsp3) is 0.300. The van der Waals surface area contributed by atoms with Gasteiger partial charge in [-0.3, -0.25) is 0 Å². The minimum atomic E-state index is -0.199. The van der Waals surface area contributed by atoms with Crippen molar-refractivity contribution in [3.8, 4) is 0 Å². The third kappa shape index (κ3) is 5.18. The fourth-order valence-corrected chi connectivity index (χ4v) is 2.76. The molecule has 0 spiro atoms. The molecule has 144 valence electrons. The minimum absolute atomic E-state index is 0. The summed E-state index contributed by atoms with van der Waals surface area (Å²) in [6.07, 6.45) is 0. The number of fused-ring (bicyclic) bond motifs is 1. The molecule has 0 aliphatic carbocycles. The van der Waals surface area contributed by atoms with E-state index in [-0.39, 0.29) is 29.8 Å². The predicted octanol–water partition coefficient (Wildman–Crippen LogP) is 3.89. The van der Waals surface area contributed by atoms with Gasteiger partial charge in [-0.2, -0.15) is 0 Å². The first-order valence-electron chi connectivity index (χ1n) is 8.76. The Morgan fingerprint density at radius 2 is 1.96 bits per heavy atom. The van der Waals surface area contributed by atoms with E-state index in [9.17, 15) is 4.39 Å². The van der Waals surface area contributed by atoms with Crippen molar-refractivity contribution in [1.29, 1.82) is 0 Å². The number of benzene rings is 2. The van der Waals surface area contributed by atoms with E-state index in [0.717, 1.165) is 29.0 Å². The largest absolute Gasteiger partial charge is 0.357 e. The summed E-state index contributed by atoms with van der Waals surface area (Å²) < 4.78 is 15.7. The van der Waals surface area contributed by atoms with Gasteiger partial charge >= 0.3 is 0 Å². The molecule has 3 aromatic rings. The highest BCUT2D eigenvalue weighted by molar-refractivity contribution is 14.0. The smallest absolute Gasteiger partial charge is 0.191 e. The lowest BCUT2D eigenvalue weighted by molar-refractivity contribution is 0.616. The Morgan fingerprint density at radius 1 is 1.19 bits per heavy atom. The van der Waals surface area contributed by atoms with Crippen molar-refractivity contribution < 1.29 is 4.39 Å². The van der Waals surface area contributed by atoms with Crippen LogP contribution >= 0.6 is 24.0 Å². The average molecular weight is 481 g/mol. The molecule has 0 fully saturated rings. The Kier molecular flexibility index (Phi) is 7.58. The van der Waals surface area contributed by atoms with E-state index in [4.69, 9.17) is 0 Å². The van der Waals surface area contributed by atoms with Crippen molar-refractivity contribution in [2.24, 2.45) is 12.0 Å². The van der Waals surface area contributed by atoms with Crippen LogP contribution in [-0.4, -0.2) is 22.1 Å². The number of aryl methyl sites for hydroxylation is 2. The lowest BCUT2D eigenvalue weighted by Gasteiger charge is -2.11. The van der Waals surface area contributed by atoms with Crippen LogP contribution in [0.3, 0.4) is 0 Å². The second kappa shape index (κ2) is 9.68. The number of halogens is 2. The van der Waals surface area contributed by atoms with Gasteiger partial charge in [-0.1, -0.05) is 24.3 Å². The summed E-state index contributed by atoms with van der Waals surface area (Å²) in [5.74, 6) is 1.41. The van der Waals surface area contributed by atoms with Crippen LogP contribution in [-0.2, 0) is 20.1 Å². The van der Waals surface area contributed by atoms with E-state index in [2.05, 4.69) is 31.2 Å². The first-order valence-corrected chi connectivity index (χ1v) is 8.76. The van der Waals surface area contributed by atoms with E-state index in [1.807, 2.05) is 38.2 Å². The highest BCUT2D eigenvalue weighted by atomic mass is 127. The molecule has 0 aliphatic heterocycles. The van der Waals surface area contributed by atoms with E-state index in [1.54, 1.807) is 13.0 Å². The fourth-order valence-electron chi connectivity index (χ4n) is 2.76. The summed E-state index contributed by atoms with van der Waals surface area (Å²) in [5.41, 5.74) is 3.56. The summed E-state index contributed by atoms with van der Waals surface area (Å²) in [6, 6.07) is 13.3. The number of nitrogens with zero attached hydrogens (tertiary/aromatic N) is 3. The second-order valence-corrected chi connectivity index (χ2v) is 6.21. The summed E-state index contributed by atoms with van der Waals surface area (Å²) >= 11 is 0. The van der Waals surface area contributed by atoms with Crippen LogP contribution in [0, 0.1) is 12.7 Å². The highest BCUT2D eigenvalue weighted by Gasteiger charge is 2.08. The average Bonchev–Trinajstić information content (AvgIpc) is 2.96. The molecule has 0 amide bonds. The lowest BCUT2D eigenvalue weighted by atomic mass is 10.1. The van der Waals surface area contributed by atoms with E-state index in [1.165, 1.54) is 6.07 Å². The molecule has 0 aliphatic rings. The molecule has 1 aromatic heterocycles. The molecule has 0 unspecified atom stereocenters. The van der Waals surface area contributed by atoms with E-state index in [0.29, 0.717) is 24.6 Å². The molecule has 7 heteroatoms. The monoisotopic (exact) mass is 481 g/mol. The third-order valence-corrected chi connectivity index (χ3v) is 4.29. The molecule has 2 aromatic carbocycles. The standard InChI is InChI=1S/C20H24FN5.HI/c1-4-22-20(23-12-15-10-9-14(2)16(21)11-15)24-13-19-25-17-7-5-6-8-18(17)26(19)3;/h5-11H,4,12-13H2,1-3H3,(H2,22,23,24);1H. The predicted molar refractivity (Wildman–Crippen MR) is 119 cm³/mol. The van der Waals surface area contributed by atoms with Crippen LogP contribution in [0.4, 0.5) is 4.39 Å². The van der Waals surface area contributed by atoms with Gasteiger partial charge in [-0.05, 0) is 43.2 Å². The summed E-state index contributed by atoms with van der Waals surface area (Å²) in [5, 5.41) is 6.51. The Balaban J connectivity index is 0.00000261. The Morgan fingerprint density at radius 3 is 2.67 bits per heavy atom. The van der Waals surface area contributed by atoms with Crippen LogP contribution in [0.1, 0.15) is 23.9 Å². The molecule has 0 bridgehead atoms. The number of aromatic nitrogens is 2. The van der Waals surface area contributed by atoms with E-state index >= 15 is 0 Å². The van der Waals surface area contributed by atoms with Crippen molar-refractivity contribution in [2.75, 3.05) is 6.54 Å². The van der Waals surface area contributed by atoms with Gasteiger partial charge in [0.2, 0.25) is 0 Å². The van der Waals surface area contributed by atoms with Gasteiger partial charge in [0.1, 0.15) is 11.6 Å². The van der Waals surface area contributed by atoms with Crippen LogP contribution in [0.25, 0.3) is 11.0 Å². The third-order valence-electron chi connectivity index (χ3n) is 4.29. The molecule has 0 saturated carbocycles. The number of para-hydroxylation sites is 2. The van der Waals surface area contributed by atoms with E-state index < -0.39 is 0 Å². The summed E-state index contributed by atoms with van der Waals surface area (Å²) in [6.45, 7) is 5.48. The van der Waals surface area contributed by atoms with Crippen LogP contribution in [0.15, 0.2) is 47.5 Å². The Bertz CT molecular complexity index is 935. The zero-order valence-corrected chi connectivity index (χ0v) is 18.1. The number of guanidine groups is 1. The SMILES string of the molecule is CCNC(=NCc1ccc(C)c(F)c1)NCc1nc2ccccc2n1C.I. The minimum Gasteiger partial charge on any atom is -0.357 e. The summed E-state index contributed by atoms with van der Waals surface area (Å²) in [4.78, 5) is 9.20. The zero-order chi connectivity index (χ0) is 18.5. The van der Waals surface area contributed by atoms with Gasteiger partial charge in [0.05, 0.1) is 24.1 Å². The van der Waals surface area contributed by atoms with Gasteiger partial charge in [0.25, 0.3) is 0 Å². The molecule has 0 radical (unpaired) electrons. The first-order chi connectivity index (χ1) is 12.6. The number of hydrogen-bond donors (Lipinski definition) is 2. The number of hydrogen-bond acceptors (Lipinski definition) is 2. The topological polar surface area (TPSA) is 54.2 Å². The molecule has 5 nitrogen and oxygen atoms in total. The molecule has 2 N–H and O–H groups in total. The highest BCUT2D eigenvalue weighted by Crippen LogP contribution is 2.14. The molecule has 1 heterocycles. The van der Waals surface area contributed by atoms with Crippen LogP contribution in [0.2, 0.25) is 0 Å². The Labute approximate surface area is 176 Å². The van der Waals surface area contributed by atoms with Crippen molar-refractivity contribution in [1.82, 2.24) is 20.2 Å². The van der Waals surface area contributed by atoms with Gasteiger partial charge < -0.3 is 15.2 Å². The molecular formula is C20H25FIN5. The maximum absolute atomic E-state index is 13.7. The molecule has 0 saturated heterocycles. The van der Waals surface area contributed by atoms with Crippen molar-refractivity contribution in [3.63, 3.8) is 0 Å². The maximum atomic E-state index is 13.7. The van der Waals surface area contributed by atoms with Gasteiger partial charge in [-0.15, -0.1) is 24.0 Å². The molecule has 0 atom stereocenters. The molecular weight excluding hydrogens is 456 g/mol. The second-order valence-electron chi connectivity index (χ2n) is 6.21. The first kappa shape index (κ1) is 21.1. The lowest BCUT2D eigenvalue weighted by Crippen LogP contribution is -2.37. The number of nitrogens with one attached hydrogen (secondary N) is 2. The number of imidazole rings is 1. The summed E-state index contributed by atoms with van der Waals surface area (Å²) in [7, 11) is 2.01. The quantitative estimate of drug-likeness (QED) is 0.330. The molecule has 3 rings (SSSR count).